The van der Waals surface area contributed by atoms with E-state index >= 15 is 0 Å². The highest BCUT2D eigenvalue weighted by Crippen LogP contribution is 2.32. The highest BCUT2D eigenvalue weighted by molar-refractivity contribution is 7.89. The molecule has 2 fully saturated rings. The molecule has 26 heavy (non-hydrogen) atoms. The maximum atomic E-state index is 12.9. The van der Waals surface area contributed by atoms with Crippen molar-refractivity contribution >= 4 is 39.1 Å². The number of hydrogen-bond donors (Lipinski definition) is 0. The maximum Gasteiger partial charge on any atom is 0.246 e. The van der Waals surface area contributed by atoms with Gasteiger partial charge in [0, 0.05) is 32.6 Å². The zero-order valence-electron chi connectivity index (χ0n) is 14.7. The van der Waals surface area contributed by atoms with Crippen LogP contribution in [0.3, 0.4) is 0 Å². The van der Waals surface area contributed by atoms with Crippen molar-refractivity contribution in [1.29, 1.82) is 0 Å². The van der Waals surface area contributed by atoms with Gasteiger partial charge in [-0.05, 0) is 30.9 Å². The third-order valence-corrected chi connectivity index (χ3v) is 8.15. The van der Waals surface area contributed by atoms with E-state index in [-0.39, 0.29) is 33.9 Å². The lowest BCUT2D eigenvalue weighted by molar-refractivity contribution is -0.133. The van der Waals surface area contributed by atoms with Crippen LogP contribution in [0, 0.1) is 5.92 Å². The van der Waals surface area contributed by atoms with E-state index in [1.54, 1.807) is 11.0 Å². The van der Waals surface area contributed by atoms with Gasteiger partial charge in [0.05, 0.1) is 10.0 Å². The minimum absolute atomic E-state index is 0.0506. The Bertz CT molecular complexity index is 735. The van der Waals surface area contributed by atoms with Gasteiger partial charge in [-0.2, -0.15) is 4.31 Å². The summed E-state index contributed by atoms with van der Waals surface area (Å²) in [5, 5.41) is 0.238. The topological polar surface area (TPSA) is 57.7 Å². The van der Waals surface area contributed by atoms with Crippen molar-refractivity contribution in [1.82, 2.24) is 9.21 Å². The molecule has 1 aromatic carbocycles. The Balaban J connectivity index is 1.61. The van der Waals surface area contributed by atoms with Crippen molar-refractivity contribution in [2.75, 3.05) is 26.2 Å². The Labute approximate surface area is 165 Å². The van der Waals surface area contributed by atoms with Crippen LogP contribution in [-0.2, 0) is 14.8 Å². The Kier molecular flexibility index (Phi) is 6.49. The largest absolute Gasteiger partial charge is 0.340 e. The van der Waals surface area contributed by atoms with Crippen LogP contribution in [-0.4, -0.2) is 49.7 Å². The summed E-state index contributed by atoms with van der Waals surface area (Å²) in [5.41, 5.74) is 0. The van der Waals surface area contributed by atoms with Crippen molar-refractivity contribution in [2.24, 2.45) is 5.92 Å². The first kappa shape index (κ1) is 19.9. The molecule has 0 unspecified atom stereocenters. The average molecular weight is 419 g/mol. The SMILES string of the molecule is O=C(CC1CCCCC1)N1CCN(S(=O)(=O)c2c(Cl)cccc2Cl)CC1. The second-order valence-corrected chi connectivity index (χ2v) is 9.73. The van der Waals surface area contributed by atoms with E-state index < -0.39 is 10.0 Å². The normalized spacial score (nSPS) is 20.3. The van der Waals surface area contributed by atoms with Gasteiger partial charge < -0.3 is 4.90 Å². The van der Waals surface area contributed by atoms with E-state index in [1.807, 2.05) is 0 Å². The van der Waals surface area contributed by atoms with Crippen molar-refractivity contribution < 1.29 is 13.2 Å². The standard InChI is InChI=1S/C18H24Cl2N2O3S/c19-15-7-4-8-16(20)18(15)26(24,25)22-11-9-21(10-12-22)17(23)13-14-5-2-1-3-6-14/h4,7-8,14H,1-3,5-6,9-13H2. The fraction of sp³-hybridized carbons (Fsp3) is 0.611. The van der Waals surface area contributed by atoms with Gasteiger partial charge in [0.25, 0.3) is 0 Å². The molecule has 1 heterocycles. The number of rotatable bonds is 4. The number of amides is 1. The van der Waals surface area contributed by atoms with Gasteiger partial charge in [0.1, 0.15) is 4.90 Å². The molecule has 0 N–H and O–H groups in total. The van der Waals surface area contributed by atoms with Crippen molar-refractivity contribution in [3.8, 4) is 0 Å². The predicted octanol–water partition coefficient (Wildman–Crippen LogP) is 3.80. The van der Waals surface area contributed by atoms with Gasteiger partial charge in [0.2, 0.25) is 15.9 Å². The first-order chi connectivity index (χ1) is 12.4. The van der Waals surface area contributed by atoms with E-state index in [2.05, 4.69) is 0 Å². The third kappa shape index (κ3) is 4.35. The van der Waals surface area contributed by atoms with E-state index in [9.17, 15) is 13.2 Å². The van der Waals surface area contributed by atoms with Crippen LogP contribution >= 0.6 is 23.2 Å². The molecule has 1 saturated carbocycles. The number of benzene rings is 1. The minimum atomic E-state index is -3.77. The molecule has 0 spiro atoms. The Hall–Kier alpha value is -0.820. The highest BCUT2D eigenvalue weighted by Gasteiger charge is 2.33. The lowest BCUT2D eigenvalue weighted by Gasteiger charge is -2.35. The highest BCUT2D eigenvalue weighted by atomic mass is 35.5. The average Bonchev–Trinajstić information content (AvgIpc) is 2.62. The predicted molar refractivity (Wildman–Crippen MR) is 103 cm³/mol. The second kappa shape index (κ2) is 8.46. The smallest absolute Gasteiger partial charge is 0.246 e. The molecule has 1 aromatic rings. The molecule has 3 rings (SSSR count). The number of sulfonamides is 1. The zero-order valence-corrected chi connectivity index (χ0v) is 17.0. The number of nitrogens with zero attached hydrogens (tertiary/aromatic N) is 2. The molecule has 144 valence electrons. The Morgan fingerprint density at radius 1 is 1.00 bits per heavy atom. The van der Waals surface area contributed by atoms with Gasteiger partial charge in [-0.15, -0.1) is 0 Å². The number of carbonyl (C=O) groups excluding carboxylic acids is 1. The molecule has 0 atom stereocenters. The van der Waals surface area contributed by atoms with Crippen LogP contribution in [0.2, 0.25) is 10.0 Å². The molecule has 1 aliphatic carbocycles. The summed E-state index contributed by atoms with van der Waals surface area (Å²) >= 11 is 12.1. The molecule has 0 aromatic heterocycles. The zero-order chi connectivity index (χ0) is 18.7. The lowest BCUT2D eigenvalue weighted by atomic mass is 9.86. The molecule has 1 amide bonds. The van der Waals surface area contributed by atoms with Crippen LogP contribution in [0.25, 0.3) is 0 Å². The summed E-state index contributed by atoms with van der Waals surface area (Å²) in [6.45, 7) is 1.35. The monoisotopic (exact) mass is 418 g/mol. The molecule has 2 aliphatic rings. The third-order valence-electron chi connectivity index (χ3n) is 5.30. The number of hydrogen-bond acceptors (Lipinski definition) is 3. The van der Waals surface area contributed by atoms with Gasteiger partial charge >= 0.3 is 0 Å². The molecule has 8 heteroatoms. The summed E-state index contributed by atoms with van der Waals surface area (Å²) < 4.78 is 27.1. The quantitative estimate of drug-likeness (QED) is 0.746. The summed E-state index contributed by atoms with van der Waals surface area (Å²) in [6.07, 6.45) is 6.54. The second-order valence-electron chi connectivity index (χ2n) is 7.04. The molecule has 0 radical (unpaired) electrons. The van der Waals surface area contributed by atoms with Gasteiger partial charge in [-0.1, -0.05) is 48.5 Å². The van der Waals surface area contributed by atoms with E-state index in [1.165, 1.54) is 35.7 Å². The van der Waals surface area contributed by atoms with Crippen LogP contribution in [0.15, 0.2) is 23.1 Å². The van der Waals surface area contributed by atoms with Crippen molar-refractivity contribution in [3.05, 3.63) is 28.2 Å². The summed E-state index contributed by atoms with van der Waals surface area (Å²) in [4.78, 5) is 14.3. The fourth-order valence-electron chi connectivity index (χ4n) is 3.80. The van der Waals surface area contributed by atoms with Gasteiger partial charge in [-0.3, -0.25) is 4.79 Å². The molecule has 5 nitrogen and oxygen atoms in total. The Morgan fingerprint density at radius 2 is 1.58 bits per heavy atom. The molecule has 1 aliphatic heterocycles. The van der Waals surface area contributed by atoms with E-state index in [4.69, 9.17) is 23.2 Å². The fourth-order valence-corrected chi connectivity index (χ4v) is 6.32. The summed E-state index contributed by atoms with van der Waals surface area (Å²) in [5.74, 6) is 0.629. The molecule has 1 saturated heterocycles. The van der Waals surface area contributed by atoms with Crippen LogP contribution in [0.5, 0.6) is 0 Å². The van der Waals surface area contributed by atoms with Crippen molar-refractivity contribution in [2.45, 2.75) is 43.4 Å². The van der Waals surface area contributed by atoms with Crippen LogP contribution < -0.4 is 0 Å². The minimum Gasteiger partial charge on any atom is -0.340 e. The molecular formula is C18H24Cl2N2O3S. The molecule has 0 bridgehead atoms. The summed E-state index contributed by atoms with van der Waals surface area (Å²) in [7, 11) is -3.77. The maximum absolute atomic E-state index is 12.9. The number of halogens is 2. The van der Waals surface area contributed by atoms with Crippen LogP contribution in [0.1, 0.15) is 38.5 Å². The summed E-state index contributed by atoms with van der Waals surface area (Å²) in [6, 6.07) is 4.65. The first-order valence-electron chi connectivity index (χ1n) is 9.11. The Morgan fingerprint density at radius 3 is 2.15 bits per heavy atom. The lowest BCUT2D eigenvalue weighted by Crippen LogP contribution is -2.50. The number of carbonyl (C=O) groups is 1. The van der Waals surface area contributed by atoms with Crippen molar-refractivity contribution in [3.63, 3.8) is 0 Å². The number of piperazine rings is 1. The van der Waals surface area contributed by atoms with E-state index in [0.717, 1.165) is 12.8 Å². The first-order valence-corrected chi connectivity index (χ1v) is 11.3. The van der Waals surface area contributed by atoms with Crippen LogP contribution in [0.4, 0.5) is 0 Å². The molecular weight excluding hydrogens is 395 g/mol. The van der Waals surface area contributed by atoms with Gasteiger partial charge in [-0.25, -0.2) is 8.42 Å². The van der Waals surface area contributed by atoms with Gasteiger partial charge in [0.15, 0.2) is 0 Å². The van der Waals surface area contributed by atoms with E-state index in [0.29, 0.717) is 25.4 Å².